The van der Waals surface area contributed by atoms with Crippen molar-refractivity contribution in [3.8, 4) is 11.1 Å². The summed E-state index contributed by atoms with van der Waals surface area (Å²) >= 11 is 6.97. The zero-order chi connectivity index (χ0) is 30.5. The van der Waals surface area contributed by atoms with Crippen molar-refractivity contribution in [1.29, 1.82) is 5.41 Å². The number of aliphatic hydroxyl groups excluding tert-OH is 1. The molecule has 11 heteroatoms. The highest BCUT2D eigenvalue weighted by Gasteiger charge is 2.42. The number of hydrogen-bond acceptors (Lipinski definition) is 6. The number of carbonyl (C=O) groups is 1. The Bertz CT molecular complexity index is 1600. The van der Waals surface area contributed by atoms with E-state index in [1.807, 2.05) is 16.7 Å². The van der Waals surface area contributed by atoms with Crippen LogP contribution in [0.1, 0.15) is 36.8 Å². The van der Waals surface area contributed by atoms with Gasteiger partial charge >= 0.3 is 0 Å². The molecule has 0 aliphatic carbocycles. The zero-order valence-electron chi connectivity index (χ0n) is 23.9. The third-order valence-electron chi connectivity index (χ3n) is 7.96. The smallest absolute Gasteiger partial charge is 0.246 e. The molecule has 3 aromatic rings. The number of fused-ring (bicyclic) bond motifs is 2. The SMILES string of the molecule is C=CC(=O)N1CC(C)N2C(=N)c3c(Nc4c(C)ccnc4C(C)O)c(F)c(-c4ccccc4F)c(Cl)c3N(C)CC2C1. The number of halogens is 3. The van der Waals surface area contributed by atoms with Crippen LogP contribution < -0.4 is 10.2 Å². The van der Waals surface area contributed by atoms with Gasteiger partial charge in [-0.25, -0.2) is 8.78 Å². The number of piperazine rings is 1. The Labute approximate surface area is 248 Å². The first-order chi connectivity index (χ1) is 20.0. The van der Waals surface area contributed by atoms with Gasteiger partial charge in [-0.2, -0.15) is 0 Å². The normalized spacial score (nSPS) is 19.1. The number of pyridine rings is 1. The number of anilines is 3. The van der Waals surface area contributed by atoms with Crippen LogP contribution in [-0.2, 0) is 4.79 Å². The van der Waals surface area contributed by atoms with Gasteiger partial charge in [0, 0.05) is 50.0 Å². The molecule has 2 aromatic carbocycles. The van der Waals surface area contributed by atoms with E-state index in [9.17, 15) is 15.3 Å². The molecule has 1 fully saturated rings. The van der Waals surface area contributed by atoms with Gasteiger partial charge in [-0.05, 0) is 44.5 Å². The van der Waals surface area contributed by atoms with Crippen molar-refractivity contribution < 1.29 is 18.7 Å². The van der Waals surface area contributed by atoms with Crippen LogP contribution in [0.2, 0.25) is 5.02 Å². The Balaban J connectivity index is 1.79. The maximum atomic E-state index is 16.9. The maximum absolute atomic E-state index is 16.9. The second-order valence-corrected chi connectivity index (χ2v) is 11.2. The van der Waals surface area contributed by atoms with Gasteiger partial charge in [0.15, 0.2) is 5.82 Å². The Morgan fingerprint density at radius 1 is 1.21 bits per heavy atom. The van der Waals surface area contributed by atoms with Crippen LogP contribution in [0.4, 0.5) is 25.8 Å². The predicted molar refractivity (Wildman–Crippen MR) is 162 cm³/mol. The summed E-state index contributed by atoms with van der Waals surface area (Å²) in [6.45, 7) is 9.91. The molecule has 8 nitrogen and oxygen atoms in total. The van der Waals surface area contributed by atoms with Crippen LogP contribution in [0.3, 0.4) is 0 Å². The molecule has 0 bridgehead atoms. The quantitative estimate of drug-likeness (QED) is 0.331. The number of nitrogens with one attached hydrogen (secondary N) is 2. The third kappa shape index (κ3) is 4.88. The first-order valence-corrected chi connectivity index (χ1v) is 14.0. The van der Waals surface area contributed by atoms with Crippen molar-refractivity contribution in [2.45, 2.75) is 39.0 Å². The molecule has 3 N–H and O–H groups in total. The molecular weight excluding hydrogens is 562 g/mol. The number of aromatic nitrogens is 1. The molecule has 42 heavy (non-hydrogen) atoms. The molecule has 0 spiro atoms. The molecule has 2 aliphatic heterocycles. The average molecular weight is 595 g/mol. The Kier molecular flexibility index (Phi) is 7.96. The predicted octanol–water partition coefficient (Wildman–Crippen LogP) is 5.65. The number of amidine groups is 1. The average Bonchev–Trinajstić information content (AvgIpc) is 3.05. The lowest BCUT2D eigenvalue weighted by molar-refractivity contribution is -0.129. The van der Waals surface area contributed by atoms with Gasteiger partial charge in [0.1, 0.15) is 11.7 Å². The fourth-order valence-corrected chi connectivity index (χ4v) is 6.47. The first-order valence-electron chi connectivity index (χ1n) is 13.7. The second kappa shape index (κ2) is 11.3. The van der Waals surface area contributed by atoms with E-state index in [4.69, 9.17) is 11.6 Å². The van der Waals surface area contributed by atoms with Crippen molar-refractivity contribution in [3.63, 3.8) is 0 Å². The van der Waals surface area contributed by atoms with Crippen molar-refractivity contribution >= 4 is 40.4 Å². The fraction of sp³-hybridized carbons (Fsp3) is 0.323. The molecule has 3 atom stereocenters. The van der Waals surface area contributed by atoms with E-state index in [1.165, 1.54) is 24.3 Å². The van der Waals surface area contributed by atoms with Crippen LogP contribution in [0.5, 0.6) is 0 Å². The van der Waals surface area contributed by atoms with Crippen LogP contribution in [0.25, 0.3) is 11.1 Å². The highest BCUT2D eigenvalue weighted by atomic mass is 35.5. The van der Waals surface area contributed by atoms with E-state index in [2.05, 4.69) is 16.9 Å². The van der Waals surface area contributed by atoms with Gasteiger partial charge in [-0.3, -0.25) is 15.2 Å². The number of rotatable bonds is 5. The Morgan fingerprint density at radius 3 is 2.60 bits per heavy atom. The van der Waals surface area contributed by atoms with E-state index >= 15 is 8.78 Å². The minimum Gasteiger partial charge on any atom is -0.387 e. The summed E-state index contributed by atoms with van der Waals surface area (Å²) < 4.78 is 32.1. The van der Waals surface area contributed by atoms with Gasteiger partial charge in [-0.15, -0.1) is 0 Å². The van der Waals surface area contributed by atoms with Gasteiger partial charge < -0.3 is 25.1 Å². The van der Waals surface area contributed by atoms with Crippen LogP contribution >= 0.6 is 11.6 Å². The number of aliphatic hydroxyl groups is 1. The lowest BCUT2D eigenvalue weighted by Gasteiger charge is -2.46. The summed E-state index contributed by atoms with van der Waals surface area (Å²) in [5.41, 5.74) is 1.65. The minimum atomic E-state index is -0.977. The lowest BCUT2D eigenvalue weighted by Crippen LogP contribution is -2.62. The number of hydrogen-bond donors (Lipinski definition) is 3. The standard InChI is InChI=1S/C31H33ClF2N6O2/c1-6-22(42)39-13-17(3)40-19(15-39)14-38(5)30-24(31(40)35)29(37-27-16(2)11-12-36-28(27)18(4)41)26(34)23(25(30)32)20-9-7-8-10-21(20)33/h6-12,17-19,35,37,41H,1,13-15H2,2-5H3. The molecule has 220 valence electrons. The molecule has 1 aromatic heterocycles. The molecule has 1 saturated heterocycles. The van der Waals surface area contributed by atoms with Crippen molar-refractivity contribution in [1.82, 2.24) is 14.8 Å². The number of likely N-dealkylation sites (N-methyl/N-ethyl adjacent to an activating group) is 1. The van der Waals surface area contributed by atoms with E-state index in [0.29, 0.717) is 42.3 Å². The van der Waals surface area contributed by atoms with Crippen LogP contribution in [0, 0.1) is 24.0 Å². The summed E-state index contributed by atoms with van der Waals surface area (Å²) in [5.74, 6) is -1.68. The zero-order valence-corrected chi connectivity index (χ0v) is 24.6. The van der Waals surface area contributed by atoms with E-state index in [1.54, 1.807) is 44.1 Å². The third-order valence-corrected chi connectivity index (χ3v) is 8.33. The number of carbonyl (C=O) groups excluding carboxylic acids is 1. The molecular formula is C31H33ClF2N6O2. The molecule has 1 amide bonds. The summed E-state index contributed by atoms with van der Waals surface area (Å²) in [6.07, 6.45) is 1.85. The minimum absolute atomic E-state index is 0.0149. The highest BCUT2D eigenvalue weighted by molar-refractivity contribution is 6.37. The molecule has 2 aliphatic rings. The van der Waals surface area contributed by atoms with Crippen LogP contribution in [-0.4, -0.2) is 70.4 Å². The number of benzene rings is 2. The van der Waals surface area contributed by atoms with E-state index in [-0.39, 0.29) is 51.2 Å². The topological polar surface area (TPSA) is 95.8 Å². The lowest BCUT2D eigenvalue weighted by atomic mass is 9.96. The monoisotopic (exact) mass is 594 g/mol. The van der Waals surface area contributed by atoms with Gasteiger partial charge in [0.25, 0.3) is 0 Å². The molecule has 3 heterocycles. The molecule has 5 rings (SSSR count). The number of nitrogens with zero attached hydrogens (tertiary/aromatic N) is 4. The molecule has 3 unspecified atom stereocenters. The van der Waals surface area contributed by atoms with Gasteiger partial charge in [-0.1, -0.05) is 36.4 Å². The fourth-order valence-electron chi connectivity index (χ4n) is 6.05. The molecule has 0 saturated carbocycles. The van der Waals surface area contributed by atoms with Gasteiger partial charge in [0.2, 0.25) is 5.91 Å². The summed E-state index contributed by atoms with van der Waals surface area (Å²) in [6, 6.07) is 6.93. The van der Waals surface area contributed by atoms with E-state index < -0.39 is 17.7 Å². The largest absolute Gasteiger partial charge is 0.387 e. The Hall–Kier alpha value is -4.02. The van der Waals surface area contributed by atoms with Crippen molar-refractivity contribution in [2.24, 2.45) is 0 Å². The van der Waals surface area contributed by atoms with Crippen molar-refractivity contribution in [2.75, 3.05) is 36.9 Å². The highest BCUT2D eigenvalue weighted by Crippen LogP contribution is 2.48. The van der Waals surface area contributed by atoms with Gasteiger partial charge in [0.05, 0.1) is 45.5 Å². The van der Waals surface area contributed by atoms with E-state index in [0.717, 1.165) is 0 Å². The van der Waals surface area contributed by atoms with Crippen molar-refractivity contribution in [3.05, 3.63) is 82.7 Å². The number of aryl methyl sites for hydroxylation is 1. The summed E-state index contributed by atoms with van der Waals surface area (Å²) in [5, 5.41) is 23.1. The Morgan fingerprint density at radius 2 is 1.93 bits per heavy atom. The maximum Gasteiger partial charge on any atom is 0.246 e. The summed E-state index contributed by atoms with van der Waals surface area (Å²) in [4.78, 5) is 22.2. The molecule has 0 radical (unpaired) electrons. The first kappa shape index (κ1) is 29.5. The number of amides is 1. The second-order valence-electron chi connectivity index (χ2n) is 10.9. The van der Waals surface area contributed by atoms with Crippen LogP contribution in [0.15, 0.2) is 49.2 Å². The summed E-state index contributed by atoms with van der Waals surface area (Å²) in [7, 11) is 1.78.